The Kier molecular flexibility index (Phi) is 10.3. The molecule has 0 aromatic heterocycles. The predicted molar refractivity (Wildman–Crippen MR) is 159 cm³/mol. The van der Waals surface area contributed by atoms with Crippen LogP contribution in [0.3, 0.4) is 0 Å². The molecule has 0 aliphatic carbocycles. The van der Waals surface area contributed by atoms with E-state index >= 15 is 0 Å². The SMILES string of the molecule is CCOC(=O)Nc1cc(N(C)C)ccc1C(=O)Nc1ccc(C[C@](N)(C(=O)OC)C(=O)c2c(Cl)cccc2Cl)cc1. The van der Waals surface area contributed by atoms with Gasteiger partial charge in [0.25, 0.3) is 5.91 Å². The first-order valence-corrected chi connectivity index (χ1v) is 13.2. The first-order chi connectivity index (χ1) is 19.4. The number of rotatable bonds is 10. The molecule has 4 N–H and O–H groups in total. The molecule has 0 aliphatic heterocycles. The summed E-state index contributed by atoms with van der Waals surface area (Å²) in [5.41, 5.74) is 6.31. The minimum atomic E-state index is -2.12. The van der Waals surface area contributed by atoms with Crippen LogP contribution in [0.15, 0.2) is 60.7 Å². The number of ketones is 1. The van der Waals surface area contributed by atoms with Gasteiger partial charge in [-0.25, -0.2) is 9.59 Å². The van der Waals surface area contributed by atoms with Crippen LogP contribution in [0.2, 0.25) is 10.0 Å². The smallest absolute Gasteiger partial charge is 0.411 e. The molecule has 1 atom stereocenters. The van der Waals surface area contributed by atoms with Crippen molar-refractivity contribution < 1.29 is 28.7 Å². The van der Waals surface area contributed by atoms with Crippen LogP contribution in [0.5, 0.6) is 0 Å². The van der Waals surface area contributed by atoms with Crippen LogP contribution in [-0.4, -0.2) is 57.1 Å². The van der Waals surface area contributed by atoms with Gasteiger partial charge in [-0.2, -0.15) is 0 Å². The van der Waals surface area contributed by atoms with Gasteiger partial charge in [0.05, 0.1) is 40.6 Å². The van der Waals surface area contributed by atoms with Crippen LogP contribution in [0.1, 0.15) is 33.2 Å². The number of nitrogens with zero attached hydrogens (tertiary/aromatic N) is 1. The van der Waals surface area contributed by atoms with E-state index in [1.165, 1.54) is 12.1 Å². The van der Waals surface area contributed by atoms with Crippen molar-refractivity contribution in [3.8, 4) is 0 Å². The average Bonchev–Trinajstić information content (AvgIpc) is 2.93. The van der Waals surface area contributed by atoms with Crippen molar-refractivity contribution in [1.29, 1.82) is 0 Å². The summed E-state index contributed by atoms with van der Waals surface area (Å²) in [6.45, 7) is 1.85. The molecule has 41 heavy (non-hydrogen) atoms. The molecule has 12 heteroatoms. The first kappa shape index (κ1) is 31.4. The normalized spacial score (nSPS) is 12.1. The summed E-state index contributed by atoms with van der Waals surface area (Å²) in [7, 11) is 4.79. The Morgan fingerprint density at radius 3 is 2.15 bits per heavy atom. The average molecular weight is 601 g/mol. The van der Waals surface area contributed by atoms with Gasteiger partial charge in [0, 0.05) is 31.9 Å². The molecule has 0 bridgehead atoms. The second-order valence-corrected chi connectivity index (χ2v) is 10.0. The fourth-order valence-electron chi connectivity index (χ4n) is 3.98. The van der Waals surface area contributed by atoms with Crippen LogP contribution < -0.4 is 21.3 Å². The topological polar surface area (TPSA) is 140 Å². The number of benzene rings is 3. The molecule has 0 aliphatic rings. The van der Waals surface area contributed by atoms with Crippen molar-refractivity contribution in [2.75, 3.05) is 43.3 Å². The standard InChI is InChI=1S/C29H30Cl2N4O6/c1-5-41-28(39)34-23-15-19(35(2)3)13-14-20(23)26(37)33-18-11-9-17(10-12-18)16-29(32,27(38)40-4)25(36)24-21(30)7-6-8-22(24)31/h6-15H,5,16,32H2,1-4H3,(H,33,37)(H,34,39)/t29-/m1/s1. The Morgan fingerprint density at radius 1 is 0.951 bits per heavy atom. The van der Waals surface area contributed by atoms with E-state index in [0.717, 1.165) is 12.8 Å². The predicted octanol–water partition coefficient (Wildman–Crippen LogP) is 5.18. The second-order valence-electron chi connectivity index (χ2n) is 9.19. The minimum Gasteiger partial charge on any atom is -0.467 e. The molecule has 3 aromatic rings. The Hall–Kier alpha value is -4.12. The lowest BCUT2D eigenvalue weighted by molar-refractivity contribution is -0.145. The van der Waals surface area contributed by atoms with Gasteiger partial charge in [0.15, 0.2) is 11.3 Å². The number of nitrogens with two attached hydrogens (primary N) is 1. The molecule has 0 saturated carbocycles. The van der Waals surface area contributed by atoms with Gasteiger partial charge in [0.2, 0.25) is 0 Å². The van der Waals surface area contributed by atoms with Crippen LogP contribution in [-0.2, 0) is 20.7 Å². The van der Waals surface area contributed by atoms with Gasteiger partial charge >= 0.3 is 12.1 Å². The van der Waals surface area contributed by atoms with E-state index in [1.807, 2.05) is 19.0 Å². The van der Waals surface area contributed by atoms with Crippen LogP contribution in [0.4, 0.5) is 21.9 Å². The highest BCUT2D eigenvalue weighted by Gasteiger charge is 2.45. The number of nitrogens with one attached hydrogen (secondary N) is 2. The van der Waals surface area contributed by atoms with Crippen molar-refractivity contribution in [1.82, 2.24) is 0 Å². The van der Waals surface area contributed by atoms with Crippen LogP contribution in [0, 0.1) is 0 Å². The van der Waals surface area contributed by atoms with E-state index in [0.29, 0.717) is 11.3 Å². The van der Waals surface area contributed by atoms with Crippen molar-refractivity contribution in [3.05, 3.63) is 87.4 Å². The lowest BCUT2D eigenvalue weighted by Gasteiger charge is -2.26. The molecular formula is C29H30Cl2N4O6. The van der Waals surface area contributed by atoms with Crippen molar-refractivity contribution in [2.24, 2.45) is 5.73 Å². The van der Waals surface area contributed by atoms with E-state index in [4.69, 9.17) is 38.4 Å². The molecule has 0 fully saturated rings. The number of hydrogen-bond acceptors (Lipinski definition) is 8. The summed E-state index contributed by atoms with van der Waals surface area (Å²) in [5.74, 6) is -2.24. The van der Waals surface area contributed by atoms with Gasteiger partial charge in [-0.1, -0.05) is 41.4 Å². The molecule has 10 nitrogen and oxygen atoms in total. The summed E-state index contributed by atoms with van der Waals surface area (Å²) < 4.78 is 9.80. The zero-order valence-electron chi connectivity index (χ0n) is 22.9. The number of halogens is 2. The Morgan fingerprint density at radius 2 is 1.59 bits per heavy atom. The monoisotopic (exact) mass is 600 g/mol. The lowest BCUT2D eigenvalue weighted by atomic mass is 9.84. The lowest BCUT2D eigenvalue weighted by Crippen LogP contribution is -2.57. The number of methoxy groups -OCH3 is 1. The number of amides is 2. The first-order valence-electron chi connectivity index (χ1n) is 12.4. The molecule has 0 heterocycles. The largest absolute Gasteiger partial charge is 0.467 e. The molecule has 216 valence electrons. The van der Waals surface area contributed by atoms with Gasteiger partial charge < -0.3 is 25.4 Å². The molecule has 0 radical (unpaired) electrons. The highest BCUT2D eigenvalue weighted by atomic mass is 35.5. The number of esters is 1. The number of hydrogen-bond donors (Lipinski definition) is 3. The molecular weight excluding hydrogens is 571 g/mol. The minimum absolute atomic E-state index is 0.0507. The molecule has 2 amide bonds. The van der Waals surface area contributed by atoms with Crippen LogP contribution in [0.25, 0.3) is 0 Å². The second kappa shape index (κ2) is 13.5. The fourth-order valence-corrected chi connectivity index (χ4v) is 4.55. The summed E-state index contributed by atoms with van der Waals surface area (Å²) in [4.78, 5) is 53.1. The molecule has 3 rings (SSSR count). The number of carbonyl (C=O) groups is 4. The molecule has 0 saturated heterocycles. The van der Waals surface area contributed by atoms with Crippen molar-refractivity contribution >= 4 is 64.0 Å². The Balaban J connectivity index is 1.84. The third kappa shape index (κ3) is 7.35. The quantitative estimate of drug-likeness (QED) is 0.164. The third-order valence-electron chi connectivity index (χ3n) is 6.12. The summed E-state index contributed by atoms with van der Waals surface area (Å²) in [5, 5.41) is 5.47. The van der Waals surface area contributed by atoms with E-state index in [2.05, 4.69) is 10.6 Å². The van der Waals surface area contributed by atoms with Gasteiger partial charge in [-0.3, -0.25) is 14.9 Å². The number of carbonyl (C=O) groups excluding carboxylic acids is 4. The molecule has 0 unspecified atom stereocenters. The summed E-state index contributed by atoms with van der Waals surface area (Å²) in [6, 6.07) is 15.9. The van der Waals surface area contributed by atoms with E-state index in [1.54, 1.807) is 55.5 Å². The van der Waals surface area contributed by atoms with Gasteiger partial charge in [0.1, 0.15) is 0 Å². The Labute approximate surface area is 247 Å². The maximum absolute atomic E-state index is 13.4. The molecule has 0 spiro atoms. The highest BCUT2D eigenvalue weighted by molar-refractivity contribution is 6.41. The number of Topliss-reactive ketones (excluding diaryl/α,β-unsaturated/α-hetero) is 1. The molecule has 3 aromatic carbocycles. The van der Waals surface area contributed by atoms with E-state index in [-0.39, 0.29) is 39.9 Å². The van der Waals surface area contributed by atoms with Crippen LogP contribution >= 0.6 is 23.2 Å². The van der Waals surface area contributed by atoms with Gasteiger partial charge in [-0.15, -0.1) is 0 Å². The summed E-state index contributed by atoms with van der Waals surface area (Å²) in [6.07, 6.45) is -0.918. The van der Waals surface area contributed by atoms with Crippen molar-refractivity contribution in [3.63, 3.8) is 0 Å². The third-order valence-corrected chi connectivity index (χ3v) is 6.75. The van der Waals surface area contributed by atoms with E-state index in [9.17, 15) is 19.2 Å². The maximum atomic E-state index is 13.4. The number of ether oxygens (including phenoxy) is 2. The van der Waals surface area contributed by atoms with Gasteiger partial charge in [-0.05, 0) is 55.0 Å². The zero-order chi connectivity index (χ0) is 30.3. The van der Waals surface area contributed by atoms with E-state index < -0.39 is 29.3 Å². The highest BCUT2D eigenvalue weighted by Crippen LogP contribution is 2.30. The van der Waals surface area contributed by atoms with Crippen molar-refractivity contribution in [2.45, 2.75) is 18.9 Å². The summed E-state index contributed by atoms with van der Waals surface area (Å²) >= 11 is 12.4. The maximum Gasteiger partial charge on any atom is 0.411 e. The number of anilines is 3. The zero-order valence-corrected chi connectivity index (χ0v) is 24.4. The Bertz CT molecular complexity index is 1440. The fraction of sp³-hybridized carbons (Fsp3) is 0.241.